The zero-order valence-corrected chi connectivity index (χ0v) is 16.0. The summed E-state index contributed by atoms with van der Waals surface area (Å²) in [5.74, 6) is 0.717. The summed E-state index contributed by atoms with van der Waals surface area (Å²) in [5.41, 5.74) is 1.35. The molecule has 0 bridgehead atoms. The number of thiol groups is 1. The SMILES string of the molecule is CN(/N=C/c1ccc(O)cc1)P(S)Oc1ccc(CP(=O)(O)O)cc1. The number of hydrogen-bond donors (Lipinski definition) is 4. The van der Waals surface area contributed by atoms with E-state index >= 15 is 0 Å². The molecule has 1 atom stereocenters. The van der Waals surface area contributed by atoms with Crippen LogP contribution in [0.1, 0.15) is 11.1 Å². The first-order valence-corrected chi connectivity index (χ1v) is 11.3. The van der Waals surface area contributed by atoms with Crippen LogP contribution >= 0.6 is 27.3 Å². The molecule has 0 aliphatic heterocycles. The molecule has 7 nitrogen and oxygen atoms in total. The average Bonchev–Trinajstić information content (AvgIpc) is 2.54. The van der Waals surface area contributed by atoms with Crippen LogP contribution < -0.4 is 4.52 Å². The number of nitrogens with zero attached hydrogens (tertiary/aromatic N) is 2. The van der Waals surface area contributed by atoms with E-state index in [0.29, 0.717) is 11.3 Å². The molecule has 0 saturated heterocycles. The van der Waals surface area contributed by atoms with Crippen molar-refractivity contribution < 1.29 is 24.0 Å². The van der Waals surface area contributed by atoms with Gasteiger partial charge in [0.1, 0.15) is 11.5 Å². The highest BCUT2D eigenvalue weighted by atomic mass is 32.7. The largest absolute Gasteiger partial charge is 0.508 e. The van der Waals surface area contributed by atoms with Crippen molar-refractivity contribution in [2.24, 2.45) is 5.10 Å². The van der Waals surface area contributed by atoms with Crippen molar-refractivity contribution >= 4 is 33.6 Å². The molecular weight excluding hydrogens is 382 g/mol. The van der Waals surface area contributed by atoms with Crippen molar-refractivity contribution in [2.75, 3.05) is 7.05 Å². The van der Waals surface area contributed by atoms with E-state index in [1.54, 1.807) is 66.6 Å². The Morgan fingerprint density at radius 2 is 1.80 bits per heavy atom. The summed E-state index contributed by atoms with van der Waals surface area (Å²) in [7, 11) is -3.69. The lowest BCUT2D eigenvalue weighted by Crippen LogP contribution is -2.05. The minimum atomic E-state index is -4.08. The third-order valence-electron chi connectivity index (χ3n) is 3.01. The van der Waals surface area contributed by atoms with Crippen LogP contribution in [0.4, 0.5) is 0 Å². The van der Waals surface area contributed by atoms with Crippen LogP contribution in [-0.4, -0.2) is 32.9 Å². The predicted molar refractivity (Wildman–Crippen MR) is 102 cm³/mol. The smallest absolute Gasteiger partial charge is 0.329 e. The summed E-state index contributed by atoms with van der Waals surface area (Å²) in [6.07, 6.45) is 1.32. The fourth-order valence-electron chi connectivity index (χ4n) is 1.80. The molecule has 134 valence electrons. The third kappa shape index (κ3) is 7.06. The molecule has 0 radical (unpaired) electrons. The quantitative estimate of drug-likeness (QED) is 0.245. The van der Waals surface area contributed by atoms with Crippen LogP contribution in [0.25, 0.3) is 0 Å². The maximum Gasteiger partial charge on any atom is 0.329 e. The van der Waals surface area contributed by atoms with Gasteiger partial charge in [-0.25, -0.2) is 4.78 Å². The van der Waals surface area contributed by atoms with Crippen LogP contribution in [0.3, 0.4) is 0 Å². The molecule has 2 rings (SSSR count). The molecule has 0 aliphatic rings. The van der Waals surface area contributed by atoms with E-state index in [4.69, 9.17) is 14.3 Å². The highest BCUT2D eigenvalue weighted by Gasteiger charge is 2.15. The molecule has 2 aromatic carbocycles. The van der Waals surface area contributed by atoms with E-state index in [1.807, 2.05) is 0 Å². The van der Waals surface area contributed by atoms with Crippen molar-refractivity contribution in [3.8, 4) is 11.5 Å². The standard InChI is InChI=1S/C15H18N2O5P2S/c1-17(16-10-12-2-6-14(18)7-3-12)23(25)22-15-8-4-13(5-9-15)11-24(19,20)21/h2-10,18,25H,11H2,1H3,(H2,19,20,21)/b16-10+. The fourth-order valence-corrected chi connectivity index (χ4v) is 3.48. The van der Waals surface area contributed by atoms with Gasteiger partial charge in [0.15, 0.2) is 0 Å². The highest BCUT2D eigenvalue weighted by Crippen LogP contribution is 2.46. The van der Waals surface area contributed by atoms with E-state index in [9.17, 15) is 9.67 Å². The van der Waals surface area contributed by atoms with Gasteiger partial charge in [-0.2, -0.15) is 5.10 Å². The van der Waals surface area contributed by atoms with Gasteiger partial charge in [0, 0.05) is 7.05 Å². The van der Waals surface area contributed by atoms with E-state index in [0.717, 1.165) is 5.56 Å². The normalized spacial score (nSPS) is 13.0. The first-order chi connectivity index (χ1) is 11.7. The number of phenols is 1. The summed E-state index contributed by atoms with van der Waals surface area (Å²) in [6.45, 7) is 0. The number of benzene rings is 2. The van der Waals surface area contributed by atoms with Gasteiger partial charge >= 0.3 is 7.60 Å². The molecule has 0 saturated carbocycles. The zero-order chi connectivity index (χ0) is 18.4. The van der Waals surface area contributed by atoms with Crippen molar-refractivity contribution in [3.05, 3.63) is 59.7 Å². The predicted octanol–water partition coefficient (Wildman–Crippen LogP) is 3.57. The molecule has 0 heterocycles. The van der Waals surface area contributed by atoms with Crippen molar-refractivity contribution in [1.29, 1.82) is 0 Å². The van der Waals surface area contributed by atoms with Crippen molar-refractivity contribution in [2.45, 2.75) is 6.16 Å². The second-order valence-electron chi connectivity index (χ2n) is 5.14. The molecular formula is C15H18N2O5P2S. The van der Waals surface area contributed by atoms with E-state index in [1.165, 1.54) is 0 Å². The molecule has 2 aromatic rings. The van der Waals surface area contributed by atoms with Crippen LogP contribution in [-0.2, 0) is 10.7 Å². The fraction of sp³-hybridized carbons (Fsp3) is 0.133. The van der Waals surface area contributed by atoms with Gasteiger partial charge in [-0.1, -0.05) is 24.4 Å². The van der Waals surface area contributed by atoms with Gasteiger partial charge in [-0.05, 0) is 47.5 Å². The monoisotopic (exact) mass is 400 g/mol. The van der Waals surface area contributed by atoms with E-state index in [2.05, 4.69) is 17.4 Å². The van der Waals surface area contributed by atoms with Gasteiger partial charge in [-0.3, -0.25) is 4.57 Å². The summed E-state index contributed by atoms with van der Waals surface area (Å²) in [4.78, 5) is 17.9. The first kappa shape index (κ1) is 19.8. The van der Waals surface area contributed by atoms with Crippen LogP contribution in [0, 0.1) is 0 Å². The van der Waals surface area contributed by atoms with E-state index < -0.39 is 15.1 Å². The summed E-state index contributed by atoms with van der Waals surface area (Å²) in [6, 6.07) is 13.1. The molecule has 10 heteroatoms. The molecule has 1 unspecified atom stereocenters. The van der Waals surface area contributed by atoms with E-state index in [-0.39, 0.29) is 11.9 Å². The molecule has 0 fully saturated rings. The Bertz CT molecular complexity index is 764. The molecule has 0 aliphatic carbocycles. The van der Waals surface area contributed by atoms with Crippen LogP contribution in [0.2, 0.25) is 0 Å². The molecule has 25 heavy (non-hydrogen) atoms. The third-order valence-corrected chi connectivity index (χ3v) is 5.78. The number of phenolic OH excluding ortho intramolecular Hbond substituents is 1. The Labute approximate surface area is 152 Å². The Balaban J connectivity index is 1.93. The van der Waals surface area contributed by atoms with Crippen LogP contribution in [0.15, 0.2) is 53.6 Å². The van der Waals surface area contributed by atoms with Gasteiger partial charge in [0.05, 0.1) is 12.4 Å². The molecule has 0 amide bonds. The lowest BCUT2D eigenvalue weighted by atomic mass is 10.2. The minimum absolute atomic E-state index is 0.187. The number of aromatic hydroxyl groups is 1. The summed E-state index contributed by atoms with van der Waals surface area (Å²) in [5, 5.41) is 13.5. The Hall–Kier alpha value is -1.56. The minimum Gasteiger partial charge on any atom is -0.508 e. The summed E-state index contributed by atoms with van der Waals surface area (Å²) < 4.78 is 18.2. The average molecular weight is 400 g/mol. The van der Waals surface area contributed by atoms with Gasteiger partial charge in [0.2, 0.25) is 0 Å². The Morgan fingerprint density at radius 3 is 2.36 bits per heavy atom. The van der Waals surface area contributed by atoms with Gasteiger partial charge < -0.3 is 19.4 Å². The van der Waals surface area contributed by atoms with Gasteiger partial charge in [-0.15, -0.1) is 0 Å². The molecule has 0 spiro atoms. The topological polar surface area (TPSA) is 103 Å². The number of hydrogen-bond acceptors (Lipinski definition) is 6. The zero-order valence-electron chi connectivity index (χ0n) is 13.3. The molecule has 3 N–H and O–H groups in total. The maximum absolute atomic E-state index is 11.0. The lowest BCUT2D eigenvalue weighted by Gasteiger charge is -2.20. The van der Waals surface area contributed by atoms with Crippen molar-refractivity contribution in [1.82, 2.24) is 4.78 Å². The second kappa shape index (κ2) is 8.70. The Kier molecular flexibility index (Phi) is 6.87. The number of rotatable bonds is 7. The highest BCUT2D eigenvalue weighted by molar-refractivity contribution is 8.42. The first-order valence-electron chi connectivity index (χ1n) is 7.10. The maximum atomic E-state index is 11.0. The summed E-state index contributed by atoms with van der Waals surface area (Å²) >= 11 is 4.38. The lowest BCUT2D eigenvalue weighted by molar-refractivity contribution is 0.371. The second-order valence-corrected chi connectivity index (χ2v) is 9.08. The van der Waals surface area contributed by atoms with Gasteiger partial charge in [0.25, 0.3) is 7.50 Å². The number of hydrazone groups is 1. The van der Waals surface area contributed by atoms with Crippen molar-refractivity contribution in [3.63, 3.8) is 0 Å². The Morgan fingerprint density at radius 1 is 1.20 bits per heavy atom. The van der Waals surface area contributed by atoms with Crippen LogP contribution in [0.5, 0.6) is 11.5 Å². The molecule has 0 aromatic heterocycles.